The first kappa shape index (κ1) is 15.5. The zero-order valence-electron chi connectivity index (χ0n) is 11.3. The summed E-state index contributed by atoms with van der Waals surface area (Å²) in [5.74, 6) is -0.112. The molecule has 5 nitrogen and oxygen atoms in total. The summed E-state index contributed by atoms with van der Waals surface area (Å²) in [4.78, 5) is 22.0. The first-order valence-corrected chi connectivity index (χ1v) is 7.01. The Morgan fingerprint density at radius 1 is 1.40 bits per heavy atom. The smallest absolute Gasteiger partial charge is 0.274 e. The number of rotatable bonds is 2. The summed E-state index contributed by atoms with van der Waals surface area (Å²) in [7, 11) is 1.84. The summed E-state index contributed by atoms with van der Waals surface area (Å²) < 4.78 is 0. The number of halogens is 2. The van der Waals surface area contributed by atoms with Crippen molar-refractivity contribution in [1.29, 1.82) is 0 Å². The molecule has 2 atom stereocenters. The van der Waals surface area contributed by atoms with Crippen LogP contribution in [0.4, 0.5) is 0 Å². The van der Waals surface area contributed by atoms with Gasteiger partial charge in [0.15, 0.2) is 0 Å². The van der Waals surface area contributed by atoms with Gasteiger partial charge in [-0.05, 0) is 25.7 Å². The Labute approximate surface area is 129 Å². The molecule has 110 valence electrons. The lowest BCUT2D eigenvalue weighted by Crippen LogP contribution is -2.48. The standard InChI is InChI=1S/C13H17ClN4O.ClH/c1-18(10-4-8-2-3-9(5-10)17-8)13(19)12-11(14)6-15-7-16-12;/h6-10,17H,2-5H2,1H3;1H. The van der Waals surface area contributed by atoms with Crippen LogP contribution in [0.15, 0.2) is 12.5 Å². The average Bonchev–Trinajstić information content (AvgIpc) is 2.76. The van der Waals surface area contributed by atoms with E-state index in [9.17, 15) is 4.79 Å². The molecule has 1 aromatic heterocycles. The van der Waals surface area contributed by atoms with Gasteiger partial charge in [-0.1, -0.05) is 11.6 Å². The predicted molar refractivity (Wildman–Crippen MR) is 79.4 cm³/mol. The maximum Gasteiger partial charge on any atom is 0.274 e. The Bertz CT molecular complexity index is 487. The van der Waals surface area contributed by atoms with Gasteiger partial charge in [0, 0.05) is 31.4 Å². The van der Waals surface area contributed by atoms with E-state index in [4.69, 9.17) is 11.6 Å². The quantitative estimate of drug-likeness (QED) is 0.905. The van der Waals surface area contributed by atoms with Crippen molar-refractivity contribution in [2.75, 3.05) is 7.05 Å². The van der Waals surface area contributed by atoms with Gasteiger partial charge in [-0.15, -0.1) is 12.4 Å². The lowest BCUT2D eigenvalue weighted by Gasteiger charge is -2.35. The highest BCUT2D eigenvalue weighted by atomic mass is 35.5. The van der Waals surface area contributed by atoms with Crippen molar-refractivity contribution in [2.45, 2.75) is 43.8 Å². The van der Waals surface area contributed by atoms with E-state index in [0.29, 0.717) is 22.8 Å². The number of hydrogen-bond acceptors (Lipinski definition) is 4. The van der Waals surface area contributed by atoms with Gasteiger partial charge in [-0.3, -0.25) is 4.79 Å². The minimum atomic E-state index is -0.112. The number of amides is 1. The highest BCUT2D eigenvalue weighted by Gasteiger charge is 2.36. The molecule has 1 N–H and O–H groups in total. The zero-order chi connectivity index (χ0) is 13.4. The highest BCUT2D eigenvalue weighted by Crippen LogP contribution is 2.30. The van der Waals surface area contributed by atoms with Gasteiger partial charge in [0.2, 0.25) is 0 Å². The summed E-state index contributed by atoms with van der Waals surface area (Å²) in [6, 6.07) is 1.39. The van der Waals surface area contributed by atoms with Gasteiger partial charge in [-0.2, -0.15) is 0 Å². The monoisotopic (exact) mass is 316 g/mol. The second-order valence-electron chi connectivity index (χ2n) is 5.40. The molecular weight excluding hydrogens is 299 g/mol. The second-order valence-corrected chi connectivity index (χ2v) is 5.81. The largest absolute Gasteiger partial charge is 0.337 e. The number of aromatic nitrogens is 2. The summed E-state index contributed by atoms with van der Waals surface area (Å²) in [6.07, 6.45) is 7.29. The number of hydrogen-bond donors (Lipinski definition) is 1. The molecule has 20 heavy (non-hydrogen) atoms. The highest BCUT2D eigenvalue weighted by molar-refractivity contribution is 6.33. The van der Waals surface area contributed by atoms with Crippen molar-refractivity contribution in [3.05, 3.63) is 23.2 Å². The Kier molecular flexibility index (Phi) is 4.83. The Morgan fingerprint density at radius 3 is 2.65 bits per heavy atom. The van der Waals surface area contributed by atoms with E-state index >= 15 is 0 Å². The normalized spacial score (nSPS) is 27.8. The van der Waals surface area contributed by atoms with E-state index in [2.05, 4.69) is 15.3 Å². The molecule has 2 aliphatic heterocycles. The van der Waals surface area contributed by atoms with Crippen molar-refractivity contribution in [1.82, 2.24) is 20.2 Å². The first-order valence-electron chi connectivity index (χ1n) is 6.64. The zero-order valence-corrected chi connectivity index (χ0v) is 12.8. The number of nitrogens with zero attached hydrogens (tertiary/aromatic N) is 3. The summed E-state index contributed by atoms with van der Waals surface area (Å²) >= 11 is 5.99. The third-order valence-corrected chi connectivity index (χ3v) is 4.46. The van der Waals surface area contributed by atoms with Crippen LogP contribution in [-0.2, 0) is 0 Å². The maximum atomic E-state index is 12.4. The molecule has 1 amide bonds. The molecular formula is C13H18Cl2N4O. The molecule has 7 heteroatoms. The molecule has 0 aliphatic carbocycles. The van der Waals surface area contributed by atoms with Gasteiger partial charge in [0.25, 0.3) is 5.91 Å². The molecule has 2 saturated heterocycles. The number of carbonyl (C=O) groups is 1. The van der Waals surface area contributed by atoms with Gasteiger partial charge < -0.3 is 10.2 Å². The third-order valence-electron chi connectivity index (χ3n) is 4.19. The van der Waals surface area contributed by atoms with E-state index in [-0.39, 0.29) is 24.4 Å². The van der Waals surface area contributed by atoms with E-state index in [1.807, 2.05) is 7.05 Å². The van der Waals surface area contributed by atoms with Crippen LogP contribution in [0.2, 0.25) is 5.02 Å². The van der Waals surface area contributed by atoms with E-state index in [0.717, 1.165) is 12.8 Å². The van der Waals surface area contributed by atoms with Crippen LogP contribution in [0.25, 0.3) is 0 Å². The molecule has 0 aromatic carbocycles. The van der Waals surface area contributed by atoms with Crippen molar-refractivity contribution in [2.24, 2.45) is 0 Å². The Morgan fingerprint density at radius 2 is 2.05 bits per heavy atom. The number of fused-ring (bicyclic) bond motifs is 2. The molecule has 2 bridgehead atoms. The van der Waals surface area contributed by atoms with Gasteiger partial charge in [0.05, 0.1) is 5.02 Å². The summed E-state index contributed by atoms with van der Waals surface area (Å²) in [5.41, 5.74) is 0.296. The first-order chi connectivity index (χ1) is 9.15. The molecule has 2 fully saturated rings. The maximum absolute atomic E-state index is 12.4. The fraction of sp³-hybridized carbons (Fsp3) is 0.615. The van der Waals surface area contributed by atoms with Gasteiger partial charge in [0.1, 0.15) is 12.0 Å². The predicted octanol–water partition coefficient (Wildman–Crippen LogP) is 1.91. The van der Waals surface area contributed by atoms with Gasteiger partial charge in [-0.25, -0.2) is 9.97 Å². The van der Waals surface area contributed by atoms with Crippen molar-refractivity contribution < 1.29 is 4.79 Å². The molecule has 0 spiro atoms. The van der Waals surface area contributed by atoms with Crippen LogP contribution < -0.4 is 5.32 Å². The van der Waals surface area contributed by atoms with Crippen LogP contribution in [-0.4, -0.2) is 45.9 Å². The number of carbonyl (C=O) groups excluding carboxylic acids is 1. The van der Waals surface area contributed by atoms with Gasteiger partial charge >= 0.3 is 0 Å². The molecule has 2 unspecified atom stereocenters. The lowest BCUT2D eigenvalue weighted by molar-refractivity contribution is 0.0675. The van der Waals surface area contributed by atoms with Crippen molar-refractivity contribution in [3.63, 3.8) is 0 Å². The Balaban J connectivity index is 0.00000147. The van der Waals surface area contributed by atoms with Crippen molar-refractivity contribution in [3.8, 4) is 0 Å². The second kappa shape index (κ2) is 6.24. The summed E-state index contributed by atoms with van der Waals surface area (Å²) in [6.45, 7) is 0. The summed E-state index contributed by atoms with van der Waals surface area (Å²) in [5, 5.41) is 3.89. The molecule has 0 saturated carbocycles. The fourth-order valence-electron chi connectivity index (χ4n) is 3.15. The lowest BCUT2D eigenvalue weighted by atomic mass is 9.98. The van der Waals surface area contributed by atoms with E-state index in [1.54, 1.807) is 4.90 Å². The van der Waals surface area contributed by atoms with Crippen LogP contribution >= 0.6 is 24.0 Å². The average molecular weight is 317 g/mol. The molecule has 2 aliphatic rings. The fourth-order valence-corrected chi connectivity index (χ4v) is 3.33. The topological polar surface area (TPSA) is 58.1 Å². The van der Waals surface area contributed by atoms with Crippen LogP contribution in [0, 0.1) is 0 Å². The minimum Gasteiger partial charge on any atom is -0.337 e. The SMILES string of the molecule is CN(C(=O)c1ncncc1Cl)C1CC2CCC(C1)N2.Cl. The van der Waals surface area contributed by atoms with E-state index in [1.165, 1.54) is 25.4 Å². The van der Waals surface area contributed by atoms with Crippen LogP contribution in [0.3, 0.4) is 0 Å². The van der Waals surface area contributed by atoms with Crippen molar-refractivity contribution >= 4 is 29.9 Å². The van der Waals surface area contributed by atoms with Crippen LogP contribution in [0.1, 0.15) is 36.2 Å². The molecule has 0 radical (unpaired) electrons. The molecule has 3 rings (SSSR count). The van der Waals surface area contributed by atoms with Crippen LogP contribution in [0.5, 0.6) is 0 Å². The number of nitrogens with one attached hydrogen (secondary N) is 1. The third kappa shape index (κ3) is 2.90. The molecule has 1 aromatic rings. The Hall–Kier alpha value is -0.910. The van der Waals surface area contributed by atoms with E-state index < -0.39 is 0 Å². The minimum absolute atomic E-state index is 0. The molecule has 3 heterocycles. The number of piperidine rings is 1.